The van der Waals surface area contributed by atoms with E-state index in [-0.39, 0.29) is 6.04 Å². The van der Waals surface area contributed by atoms with Crippen LogP contribution in [0.4, 0.5) is 0 Å². The van der Waals surface area contributed by atoms with Gasteiger partial charge in [0.25, 0.3) is 0 Å². The molecule has 1 aliphatic rings. The third kappa shape index (κ3) is 2.09. The Morgan fingerprint density at radius 1 is 1.28 bits per heavy atom. The van der Waals surface area contributed by atoms with Gasteiger partial charge in [0.1, 0.15) is 5.75 Å². The maximum absolute atomic E-state index is 5.70. The number of rotatable bonds is 3. The first-order valence-electron chi connectivity index (χ1n) is 6.08. The van der Waals surface area contributed by atoms with E-state index in [0.29, 0.717) is 11.8 Å². The second-order valence-electron chi connectivity index (χ2n) is 4.32. The lowest BCUT2D eigenvalue weighted by Gasteiger charge is -2.02. The molecule has 2 heterocycles. The minimum atomic E-state index is 0.212. The molecule has 1 aromatic carbocycles. The molecule has 0 spiro atoms. The molecule has 1 atom stereocenters. The van der Waals surface area contributed by atoms with Crippen LogP contribution in [0.2, 0.25) is 0 Å². The van der Waals surface area contributed by atoms with Crippen molar-refractivity contribution in [2.24, 2.45) is 0 Å². The molecule has 0 amide bonds. The fourth-order valence-electron chi connectivity index (χ4n) is 2.12. The molecule has 0 aliphatic carbocycles. The number of nitrogens with one attached hydrogen (secondary N) is 1. The summed E-state index contributed by atoms with van der Waals surface area (Å²) in [6, 6.07) is 7.81. The van der Waals surface area contributed by atoms with E-state index in [9.17, 15) is 0 Å². The van der Waals surface area contributed by atoms with Crippen LogP contribution < -0.4 is 10.1 Å². The summed E-state index contributed by atoms with van der Waals surface area (Å²) in [5.74, 6) is 2.05. The van der Waals surface area contributed by atoms with Crippen molar-refractivity contribution >= 4 is 0 Å². The Labute approximate surface area is 105 Å². The number of nitrogens with zero attached hydrogens (tertiary/aromatic N) is 2. The summed E-state index contributed by atoms with van der Waals surface area (Å²) in [5, 5.41) is 11.5. The van der Waals surface area contributed by atoms with Gasteiger partial charge in [-0.15, -0.1) is 10.2 Å². The van der Waals surface area contributed by atoms with Gasteiger partial charge in [-0.05, 0) is 43.7 Å². The molecular weight excluding hydrogens is 230 g/mol. The van der Waals surface area contributed by atoms with Gasteiger partial charge >= 0.3 is 0 Å². The molecule has 1 N–H and O–H groups in total. The standard InChI is InChI=1S/C13H15N3O2/c1-17-10-6-4-9(5-7-10)12-15-16-13(18-12)11-3-2-8-14-11/h4-7,11,14H,2-3,8H2,1H3/t11-/m1/s1. The van der Waals surface area contributed by atoms with Crippen LogP contribution in [0.3, 0.4) is 0 Å². The minimum absolute atomic E-state index is 0.212. The summed E-state index contributed by atoms with van der Waals surface area (Å²) in [5.41, 5.74) is 0.910. The summed E-state index contributed by atoms with van der Waals surface area (Å²) < 4.78 is 10.8. The number of methoxy groups -OCH3 is 1. The third-order valence-electron chi connectivity index (χ3n) is 3.14. The smallest absolute Gasteiger partial charge is 0.247 e. The average molecular weight is 245 g/mol. The van der Waals surface area contributed by atoms with Crippen LogP contribution in [0, 0.1) is 0 Å². The van der Waals surface area contributed by atoms with E-state index in [1.54, 1.807) is 7.11 Å². The Morgan fingerprint density at radius 2 is 2.11 bits per heavy atom. The van der Waals surface area contributed by atoms with Crippen molar-refractivity contribution in [2.75, 3.05) is 13.7 Å². The zero-order valence-corrected chi connectivity index (χ0v) is 10.2. The summed E-state index contributed by atoms with van der Waals surface area (Å²) in [6.07, 6.45) is 2.22. The van der Waals surface area contributed by atoms with Crippen LogP contribution in [0.5, 0.6) is 5.75 Å². The summed E-state index contributed by atoms with van der Waals surface area (Å²) in [7, 11) is 1.64. The molecular formula is C13H15N3O2. The highest BCUT2D eigenvalue weighted by Gasteiger charge is 2.22. The quantitative estimate of drug-likeness (QED) is 0.898. The van der Waals surface area contributed by atoms with Gasteiger partial charge in [-0.2, -0.15) is 0 Å². The highest BCUT2D eigenvalue weighted by molar-refractivity contribution is 5.53. The normalized spacial score (nSPS) is 19.1. The Kier molecular flexibility index (Phi) is 2.98. The second kappa shape index (κ2) is 4.78. The van der Waals surface area contributed by atoms with Gasteiger partial charge in [-0.25, -0.2) is 0 Å². The highest BCUT2D eigenvalue weighted by atomic mass is 16.5. The van der Waals surface area contributed by atoms with Gasteiger partial charge in [-0.3, -0.25) is 0 Å². The fourth-order valence-corrected chi connectivity index (χ4v) is 2.12. The maximum atomic E-state index is 5.70. The van der Waals surface area contributed by atoms with E-state index in [0.717, 1.165) is 30.7 Å². The van der Waals surface area contributed by atoms with Crippen LogP contribution in [0.1, 0.15) is 24.8 Å². The number of benzene rings is 1. The van der Waals surface area contributed by atoms with Crippen molar-refractivity contribution in [3.05, 3.63) is 30.2 Å². The lowest BCUT2D eigenvalue weighted by Crippen LogP contribution is -2.12. The SMILES string of the molecule is COc1ccc(-c2nnc([C@H]3CCCN3)o2)cc1. The summed E-state index contributed by atoms with van der Waals surface area (Å²) in [4.78, 5) is 0. The molecule has 5 heteroatoms. The van der Waals surface area contributed by atoms with Gasteiger partial charge in [0.2, 0.25) is 11.8 Å². The van der Waals surface area contributed by atoms with E-state index >= 15 is 0 Å². The van der Waals surface area contributed by atoms with Crippen molar-refractivity contribution in [1.82, 2.24) is 15.5 Å². The molecule has 0 radical (unpaired) electrons. The minimum Gasteiger partial charge on any atom is -0.497 e. The van der Waals surface area contributed by atoms with Crippen molar-refractivity contribution in [3.8, 4) is 17.2 Å². The second-order valence-corrected chi connectivity index (χ2v) is 4.32. The first-order chi connectivity index (χ1) is 8.86. The molecule has 0 unspecified atom stereocenters. The summed E-state index contributed by atoms with van der Waals surface area (Å²) >= 11 is 0. The van der Waals surface area contributed by atoms with Gasteiger partial charge in [0.05, 0.1) is 13.2 Å². The van der Waals surface area contributed by atoms with Crippen LogP contribution in [0.25, 0.3) is 11.5 Å². The molecule has 18 heavy (non-hydrogen) atoms. The zero-order chi connectivity index (χ0) is 12.4. The molecule has 2 aromatic rings. The van der Waals surface area contributed by atoms with Gasteiger partial charge in [-0.1, -0.05) is 0 Å². The predicted octanol–water partition coefficient (Wildman–Crippen LogP) is 2.17. The van der Waals surface area contributed by atoms with Crippen LogP contribution in [0.15, 0.2) is 28.7 Å². The average Bonchev–Trinajstić information content (AvgIpc) is 3.09. The zero-order valence-electron chi connectivity index (χ0n) is 10.2. The van der Waals surface area contributed by atoms with E-state index < -0.39 is 0 Å². The molecule has 94 valence electrons. The largest absolute Gasteiger partial charge is 0.497 e. The van der Waals surface area contributed by atoms with Crippen LogP contribution >= 0.6 is 0 Å². The fraction of sp³-hybridized carbons (Fsp3) is 0.385. The van der Waals surface area contributed by atoms with Crippen molar-refractivity contribution in [1.29, 1.82) is 0 Å². The Bertz CT molecular complexity index is 515. The number of aromatic nitrogens is 2. The molecule has 0 bridgehead atoms. The maximum Gasteiger partial charge on any atom is 0.247 e. The molecule has 0 saturated carbocycles. The van der Waals surface area contributed by atoms with Crippen molar-refractivity contribution < 1.29 is 9.15 Å². The van der Waals surface area contributed by atoms with Crippen LogP contribution in [-0.4, -0.2) is 23.9 Å². The van der Waals surface area contributed by atoms with E-state index in [1.165, 1.54) is 0 Å². The summed E-state index contributed by atoms with van der Waals surface area (Å²) in [6.45, 7) is 1.02. The molecule has 3 rings (SSSR count). The predicted molar refractivity (Wildman–Crippen MR) is 66.3 cm³/mol. The topological polar surface area (TPSA) is 60.2 Å². The number of hydrogen-bond donors (Lipinski definition) is 1. The third-order valence-corrected chi connectivity index (χ3v) is 3.14. The van der Waals surface area contributed by atoms with Gasteiger partial charge in [0.15, 0.2) is 0 Å². The van der Waals surface area contributed by atoms with Gasteiger partial charge < -0.3 is 14.5 Å². The van der Waals surface area contributed by atoms with Crippen molar-refractivity contribution in [3.63, 3.8) is 0 Å². The van der Waals surface area contributed by atoms with Gasteiger partial charge in [0, 0.05) is 5.56 Å². The molecule has 1 fully saturated rings. The monoisotopic (exact) mass is 245 g/mol. The molecule has 1 aliphatic heterocycles. The molecule has 1 aromatic heterocycles. The Morgan fingerprint density at radius 3 is 2.78 bits per heavy atom. The Hall–Kier alpha value is -1.88. The lowest BCUT2D eigenvalue weighted by atomic mass is 10.2. The van der Waals surface area contributed by atoms with E-state index in [4.69, 9.17) is 9.15 Å². The van der Waals surface area contributed by atoms with E-state index in [2.05, 4.69) is 15.5 Å². The van der Waals surface area contributed by atoms with Crippen molar-refractivity contribution in [2.45, 2.75) is 18.9 Å². The molecule has 1 saturated heterocycles. The highest BCUT2D eigenvalue weighted by Crippen LogP contribution is 2.26. The Balaban J connectivity index is 1.82. The number of hydrogen-bond acceptors (Lipinski definition) is 5. The first kappa shape index (κ1) is 11.2. The van der Waals surface area contributed by atoms with E-state index in [1.807, 2.05) is 24.3 Å². The van der Waals surface area contributed by atoms with Crippen LogP contribution in [-0.2, 0) is 0 Å². The number of ether oxygens (including phenoxy) is 1. The first-order valence-corrected chi connectivity index (χ1v) is 6.08. The lowest BCUT2D eigenvalue weighted by molar-refractivity contribution is 0.414. The molecule has 5 nitrogen and oxygen atoms in total.